The highest BCUT2D eigenvalue weighted by molar-refractivity contribution is 5.61. The zero-order valence-electron chi connectivity index (χ0n) is 15.9. The zero-order valence-corrected chi connectivity index (χ0v) is 15.9. The molecule has 0 aliphatic carbocycles. The predicted octanol–water partition coefficient (Wildman–Crippen LogP) is 4.09. The first-order chi connectivity index (χ1) is 12.4. The molecule has 26 heavy (non-hydrogen) atoms. The molecule has 0 N–H and O–H groups in total. The Bertz CT molecular complexity index is 930. The van der Waals surface area contributed by atoms with Gasteiger partial charge >= 0.3 is 0 Å². The molecule has 136 valence electrons. The molecule has 0 bridgehead atoms. The summed E-state index contributed by atoms with van der Waals surface area (Å²) in [5.41, 5.74) is 4.26. The monoisotopic (exact) mass is 350 g/mol. The first kappa shape index (κ1) is 18.1. The van der Waals surface area contributed by atoms with Crippen molar-refractivity contribution in [1.82, 2.24) is 19.3 Å². The Morgan fingerprint density at radius 2 is 1.81 bits per heavy atom. The molecule has 0 aromatic carbocycles. The molecule has 0 unspecified atom stereocenters. The first-order valence-electron chi connectivity index (χ1n) is 9.06. The van der Waals surface area contributed by atoms with Crippen LogP contribution in [0, 0.1) is 5.41 Å². The summed E-state index contributed by atoms with van der Waals surface area (Å²) >= 11 is 0. The van der Waals surface area contributed by atoms with Gasteiger partial charge in [0.15, 0.2) is 0 Å². The molecule has 5 nitrogen and oxygen atoms in total. The fourth-order valence-electron chi connectivity index (χ4n) is 2.93. The number of aryl methyl sites for hydroxylation is 1. The van der Waals surface area contributed by atoms with Crippen LogP contribution in [0.25, 0.3) is 16.8 Å². The van der Waals surface area contributed by atoms with E-state index in [2.05, 4.69) is 49.9 Å². The second-order valence-electron chi connectivity index (χ2n) is 7.87. The fourth-order valence-corrected chi connectivity index (χ4v) is 2.93. The van der Waals surface area contributed by atoms with Crippen molar-refractivity contribution in [2.45, 2.75) is 47.1 Å². The van der Waals surface area contributed by atoms with Gasteiger partial charge in [-0.3, -0.25) is 9.78 Å². The van der Waals surface area contributed by atoms with E-state index in [1.54, 1.807) is 21.4 Å². The lowest BCUT2D eigenvalue weighted by molar-refractivity contribution is 0.406. The maximum atomic E-state index is 11.9. The fraction of sp³-hybridized carbons (Fsp3) is 0.381. The van der Waals surface area contributed by atoms with E-state index in [1.165, 1.54) is 0 Å². The lowest BCUT2D eigenvalue weighted by atomic mass is 9.90. The smallest absolute Gasteiger partial charge is 0.250 e. The second-order valence-corrected chi connectivity index (χ2v) is 7.87. The van der Waals surface area contributed by atoms with Crippen LogP contribution < -0.4 is 5.56 Å². The van der Waals surface area contributed by atoms with Gasteiger partial charge in [0.25, 0.3) is 5.56 Å². The minimum Gasteiger partial charge on any atom is -0.313 e. The van der Waals surface area contributed by atoms with E-state index in [4.69, 9.17) is 0 Å². The maximum absolute atomic E-state index is 11.9. The molecule has 5 heteroatoms. The van der Waals surface area contributed by atoms with Gasteiger partial charge in [0.2, 0.25) is 0 Å². The summed E-state index contributed by atoms with van der Waals surface area (Å²) in [7, 11) is 0. The molecule has 0 saturated carbocycles. The van der Waals surface area contributed by atoms with Gasteiger partial charge in [-0.25, -0.2) is 4.68 Å². The third-order valence-electron chi connectivity index (χ3n) is 4.15. The van der Waals surface area contributed by atoms with Crippen molar-refractivity contribution in [3.8, 4) is 16.8 Å². The lowest BCUT2D eigenvalue weighted by Crippen LogP contribution is -2.19. The van der Waals surface area contributed by atoms with Gasteiger partial charge < -0.3 is 4.57 Å². The molecular weight excluding hydrogens is 324 g/mol. The van der Waals surface area contributed by atoms with Crippen molar-refractivity contribution in [3.05, 3.63) is 65.1 Å². The van der Waals surface area contributed by atoms with Gasteiger partial charge in [0.05, 0.1) is 11.9 Å². The first-order valence-corrected chi connectivity index (χ1v) is 9.06. The van der Waals surface area contributed by atoms with Crippen LogP contribution in [0.15, 0.2) is 53.8 Å². The summed E-state index contributed by atoms with van der Waals surface area (Å²) in [5.74, 6) is 0. The topological polar surface area (TPSA) is 52.7 Å². The Kier molecular flexibility index (Phi) is 5.07. The van der Waals surface area contributed by atoms with E-state index in [-0.39, 0.29) is 11.0 Å². The molecule has 3 aromatic heterocycles. The average Bonchev–Trinajstić information content (AvgIpc) is 3.06. The van der Waals surface area contributed by atoms with Gasteiger partial charge in [0.1, 0.15) is 0 Å². The summed E-state index contributed by atoms with van der Waals surface area (Å²) in [6.45, 7) is 9.40. The van der Waals surface area contributed by atoms with Crippen molar-refractivity contribution >= 4 is 0 Å². The molecule has 0 saturated heterocycles. The third kappa shape index (κ3) is 4.28. The Morgan fingerprint density at radius 3 is 2.46 bits per heavy atom. The molecule has 0 radical (unpaired) electrons. The standard InChI is InChI=1S/C21H26N4O/c1-5-10-24-15-19(8-9-20(24)26)25-14-17(13-23-25)16-6-7-18(22-12-16)11-21(2,3)4/h6-9,12-15H,5,10-11H2,1-4H3. The van der Waals surface area contributed by atoms with Crippen LogP contribution in [0.5, 0.6) is 0 Å². The Morgan fingerprint density at radius 1 is 1.00 bits per heavy atom. The molecule has 0 aliphatic rings. The van der Waals surface area contributed by atoms with Gasteiger partial charge in [0, 0.05) is 48.0 Å². The molecule has 3 rings (SSSR count). The van der Waals surface area contributed by atoms with Crippen LogP contribution >= 0.6 is 0 Å². The molecule has 3 aromatic rings. The number of hydrogen-bond acceptors (Lipinski definition) is 3. The zero-order chi connectivity index (χ0) is 18.7. The van der Waals surface area contributed by atoms with Gasteiger partial charge in [-0.15, -0.1) is 0 Å². The quantitative estimate of drug-likeness (QED) is 0.696. The molecule has 0 aliphatic heterocycles. The van der Waals surface area contributed by atoms with E-state index in [9.17, 15) is 4.79 Å². The Hall–Kier alpha value is -2.69. The third-order valence-corrected chi connectivity index (χ3v) is 4.15. The van der Waals surface area contributed by atoms with Crippen molar-refractivity contribution in [1.29, 1.82) is 0 Å². The van der Waals surface area contributed by atoms with Crippen LogP contribution in [0.3, 0.4) is 0 Å². The summed E-state index contributed by atoms with van der Waals surface area (Å²) in [6.07, 6.45) is 9.42. The molecule has 0 fully saturated rings. The van der Waals surface area contributed by atoms with E-state index in [0.29, 0.717) is 6.54 Å². The highest BCUT2D eigenvalue weighted by Crippen LogP contribution is 2.23. The van der Waals surface area contributed by atoms with Gasteiger partial charge in [-0.2, -0.15) is 5.10 Å². The van der Waals surface area contributed by atoms with Crippen molar-refractivity contribution in [3.63, 3.8) is 0 Å². The summed E-state index contributed by atoms with van der Waals surface area (Å²) in [4.78, 5) is 16.5. The Balaban J connectivity index is 1.84. The van der Waals surface area contributed by atoms with E-state index in [0.717, 1.165) is 35.3 Å². The van der Waals surface area contributed by atoms with Crippen LogP contribution in [0.2, 0.25) is 0 Å². The molecule has 0 atom stereocenters. The molecule has 0 amide bonds. The van der Waals surface area contributed by atoms with E-state index in [1.807, 2.05) is 24.8 Å². The highest BCUT2D eigenvalue weighted by Gasteiger charge is 2.12. The van der Waals surface area contributed by atoms with Crippen LogP contribution in [0.4, 0.5) is 0 Å². The molecule has 3 heterocycles. The average molecular weight is 350 g/mol. The summed E-state index contributed by atoms with van der Waals surface area (Å²) in [5, 5.41) is 4.45. The van der Waals surface area contributed by atoms with Crippen LogP contribution in [-0.2, 0) is 13.0 Å². The maximum Gasteiger partial charge on any atom is 0.250 e. The summed E-state index contributed by atoms with van der Waals surface area (Å²) in [6, 6.07) is 7.57. The van der Waals surface area contributed by atoms with Crippen molar-refractivity contribution in [2.24, 2.45) is 5.41 Å². The number of hydrogen-bond donors (Lipinski definition) is 0. The van der Waals surface area contributed by atoms with E-state index >= 15 is 0 Å². The normalized spacial score (nSPS) is 11.7. The number of pyridine rings is 2. The van der Waals surface area contributed by atoms with Crippen molar-refractivity contribution < 1.29 is 0 Å². The number of aromatic nitrogens is 4. The molecular formula is C21H26N4O. The van der Waals surface area contributed by atoms with E-state index < -0.39 is 0 Å². The van der Waals surface area contributed by atoms with Crippen LogP contribution in [0.1, 0.15) is 39.8 Å². The number of rotatable bonds is 5. The number of nitrogens with zero attached hydrogens (tertiary/aromatic N) is 4. The largest absolute Gasteiger partial charge is 0.313 e. The SMILES string of the molecule is CCCn1cc(-n2cc(-c3ccc(CC(C)(C)C)nc3)cn2)ccc1=O. The minimum atomic E-state index is 0.0154. The molecule has 0 spiro atoms. The minimum absolute atomic E-state index is 0.0154. The summed E-state index contributed by atoms with van der Waals surface area (Å²) < 4.78 is 3.52. The van der Waals surface area contributed by atoms with Gasteiger partial charge in [-0.1, -0.05) is 33.8 Å². The Labute approximate surface area is 154 Å². The van der Waals surface area contributed by atoms with Gasteiger partial charge in [-0.05, 0) is 30.4 Å². The second kappa shape index (κ2) is 7.28. The lowest BCUT2D eigenvalue weighted by Gasteiger charge is -2.17. The van der Waals surface area contributed by atoms with Crippen molar-refractivity contribution in [2.75, 3.05) is 0 Å². The van der Waals surface area contributed by atoms with Crippen LogP contribution in [-0.4, -0.2) is 19.3 Å². The predicted molar refractivity (Wildman–Crippen MR) is 105 cm³/mol. The highest BCUT2D eigenvalue weighted by atomic mass is 16.1.